The number of carbonyl (C=O) groups excluding carboxylic acids is 1. The number of nitrogens with one attached hydrogen (secondary N) is 1. The number of aromatic nitrogens is 2. The maximum Gasteiger partial charge on any atom is 0.270 e. The van der Waals surface area contributed by atoms with Crippen LogP contribution in [-0.2, 0) is 0 Å². The molecule has 0 saturated carbocycles. The number of rotatable bonds is 4. The molecule has 100 valence electrons. The van der Waals surface area contributed by atoms with Crippen LogP contribution < -0.4 is 10.9 Å². The Morgan fingerprint density at radius 2 is 2.32 bits per heavy atom. The Hall–Kier alpha value is -2.21. The fourth-order valence-corrected chi connectivity index (χ4v) is 1.72. The molecule has 1 unspecified atom stereocenters. The summed E-state index contributed by atoms with van der Waals surface area (Å²) in [5.41, 5.74) is 0.0322. The van der Waals surface area contributed by atoms with Crippen LogP contribution in [0, 0.1) is 0 Å². The molecule has 6 heteroatoms. The van der Waals surface area contributed by atoms with Gasteiger partial charge in [-0.1, -0.05) is 13.0 Å². The third-order valence-corrected chi connectivity index (χ3v) is 2.91. The number of carbonyl (C=O) groups is 1. The van der Waals surface area contributed by atoms with E-state index in [9.17, 15) is 9.59 Å². The maximum absolute atomic E-state index is 12.1. The van der Waals surface area contributed by atoms with Crippen molar-refractivity contribution in [2.24, 2.45) is 0 Å². The second-order valence-electron chi connectivity index (χ2n) is 4.17. The molecule has 1 atom stereocenters. The molecule has 0 aromatic carbocycles. The fraction of sp³-hybridized carbons (Fsp3) is 0.308. The van der Waals surface area contributed by atoms with E-state index in [0.717, 1.165) is 0 Å². The Labute approximate surface area is 109 Å². The lowest BCUT2D eigenvalue weighted by Crippen LogP contribution is -2.40. The van der Waals surface area contributed by atoms with Gasteiger partial charge < -0.3 is 10.4 Å². The van der Waals surface area contributed by atoms with Crippen molar-refractivity contribution in [2.45, 2.75) is 19.4 Å². The van der Waals surface area contributed by atoms with E-state index in [1.807, 2.05) is 6.92 Å². The van der Waals surface area contributed by atoms with Gasteiger partial charge in [0.25, 0.3) is 11.5 Å². The zero-order valence-electron chi connectivity index (χ0n) is 10.5. The molecule has 0 fully saturated rings. The number of hydrogen-bond acceptors (Lipinski definition) is 4. The van der Waals surface area contributed by atoms with Gasteiger partial charge in [-0.3, -0.25) is 14.0 Å². The number of aliphatic hydroxyl groups is 1. The van der Waals surface area contributed by atoms with Crippen molar-refractivity contribution < 1.29 is 9.90 Å². The van der Waals surface area contributed by atoms with Gasteiger partial charge in [-0.25, -0.2) is 4.98 Å². The second kappa shape index (κ2) is 5.62. The minimum absolute atomic E-state index is 0.0319. The number of nitrogens with zero attached hydrogens (tertiary/aromatic N) is 2. The van der Waals surface area contributed by atoms with Gasteiger partial charge in [0.1, 0.15) is 11.2 Å². The summed E-state index contributed by atoms with van der Waals surface area (Å²) in [6, 6.07) is 4.79. The summed E-state index contributed by atoms with van der Waals surface area (Å²) in [4.78, 5) is 28.2. The van der Waals surface area contributed by atoms with Crippen LogP contribution in [0.25, 0.3) is 5.65 Å². The fourth-order valence-electron chi connectivity index (χ4n) is 1.72. The van der Waals surface area contributed by atoms with E-state index >= 15 is 0 Å². The van der Waals surface area contributed by atoms with E-state index in [1.165, 1.54) is 10.6 Å². The van der Waals surface area contributed by atoms with Crippen LogP contribution in [-0.4, -0.2) is 33.0 Å². The van der Waals surface area contributed by atoms with Crippen LogP contribution in [0.5, 0.6) is 0 Å². The Kier molecular flexibility index (Phi) is 3.91. The molecule has 2 heterocycles. The highest BCUT2D eigenvalue weighted by Crippen LogP contribution is 1.99. The smallest absolute Gasteiger partial charge is 0.270 e. The van der Waals surface area contributed by atoms with Gasteiger partial charge in [0, 0.05) is 12.4 Å². The van der Waals surface area contributed by atoms with Gasteiger partial charge in [0.2, 0.25) is 0 Å². The molecule has 0 radical (unpaired) electrons. The van der Waals surface area contributed by atoms with Crippen LogP contribution in [0.15, 0.2) is 35.4 Å². The molecule has 19 heavy (non-hydrogen) atoms. The van der Waals surface area contributed by atoms with E-state index in [0.29, 0.717) is 12.1 Å². The van der Waals surface area contributed by atoms with Crippen molar-refractivity contribution >= 4 is 11.6 Å². The lowest BCUT2D eigenvalue weighted by atomic mass is 10.2. The largest absolute Gasteiger partial charge is 0.394 e. The highest BCUT2D eigenvalue weighted by molar-refractivity contribution is 5.93. The van der Waals surface area contributed by atoms with Gasteiger partial charge in [-0.05, 0) is 18.6 Å². The Balaban J connectivity index is 2.38. The summed E-state index contributed by atoms with van der Waals surface area (Å²) in [5.74, 6) is -0.517. The summed E-state index contributed by atoms with van der Waals surface area (Å²) < 4.78 is 1.31. The molecule has 6 nitrogen and oxygen atoms in total. The molecule has 0 aliphatic heterocycles. The number of hydrogen-bond donors (Lipinski definition) is 2. The molecule has 0 saturated heterocycles. The van der Waals surface area contributed by atoms with Gasteiger partial charge in [0.15, 0.2) is 0 Å². The van der Waals surface area contributed by atoms with E-state index in [4.69, 9.17) is 5.11 Å². The first kappa shape index (κ1) is 13.2. The highest BCUT2D eigenvalue weighted by atomic mass is 16.3. The number of fused-ring (bicyclic) bond motifs is 1. The van der Waals surface area contributed by atoms with Gasteiger partial charge >= 0.3 is 0 Å². The first-order valence-electron chi connectivity index (χ1n) is 6.05. The summed E-state index contributed by atoms with van der Waals surface area (Å²) in [6.45, 7) is 1.68. The first-order chi connectivity index (χ1) is 9.17. The summed E-state index contributed by atoms with van der Waals surface area (Å²) in [7, 11) is 0. The van der Waals surface area contributed by atoms with Crippen LogP contribution in [0.1, 0.15) is 23.7 Å². The van der Waals surface area contributed by atoms with Crippen molar-refractivity contribution in [1.82, 2.24) is 14.7 Å². The average molecular weight is 261 g/mol. The van der Waals surface area contributed by atoms with Crippen molar-refractivity contribution in [2.75, 3.05) is 6.61 Å². The average Bonchev–Trinajstić information content (AvgIpc) is 2.45. The molecular weight excluding hydrogens is 246 g/mol. The van der Waals surface area contributed by atoms with Crippen molar-refractivity contribution in [3.63, 3.8) is 0 Å². The van der Waals surface area contributed by atoms with Crippen molar-refractivity contribution in [3.05, 3.63) is 46.5 Å². The molecule has 1 amide bonds. The monoisotopic (exact) mass is 261 g/mol. The lowest BCUT2D eigenvalue weighted by molar-refractivity contribution is 0.0913. The van der Waals surface area contributed by atoms with Crippen LogP contribution in [0.3, 0.4) is 0 Å². The molecule has 0 bridgehead atoms. The predicted molar refractivity (Wildman–Crippen MR) is 70.1 cm³/mol. The molecule has 2 aromatic heterocycles. The van der Waals surface area contributed by atoms with E-state index in [2.05, 4.69) is 10.3 Å². The quantitative estimate of drug-likeness (QED) is 0.823. The van der Waals surface area contributed by atoms with E-state index < -0.39 is 11.5 Å². The number of amides is 1. The summed E-state index contributed by atoms with van der Waals surface area (Å²) >= 11 is 0. The Morgan fingerprint density at radius 3 is 3.00 bits per heavy atom. The van der Waals surface area contributed by atoms with E-state index in [-0.39, 0.29) is 18.2 Å². The van der Waals surface area contributed by atoms with E-state index in [1.54, 1.807) is 24.4 Å². The Bertz CT molecular complexity index is 647. The predicted octanol–water partition coefficient (Wildman–Crippen LogP) is 0.195. The van der Waals surface area contributed by atoms with Gasteiger partial charge in [0.05, 0.1) is 12.6 Å². The number of aliphatic hydroxyl groups excluding tert-OH is 1. The summed E-state index contributed by atoms with van der Waals surface area (Å²) in [6.07, 6.45) is 3.41. The molecule has 0 spiro atoms. The Morgan fingerprint density at radius 1 is 1.53 bits per heavy atom. The maximum atomic E-state index is 12.1. The van der Waals surface area contributed by atoms with Gasteiger partial charge in [-0.2, -0.15) is 0 Å². The molecule has 0 aliphatic rings. The van der Waals surface area contributed by atoms with Crippen molar-refractivity contribution in [1.29, 1.82) is 0 Å². The standard InChI is InChI=1S/C13H15N3O3/c1-2-9(8-17)15-12(18)10-7-14-11-5-3-4-6-16(11)13(10)19/h3-7,9,17H,2,8H2,1H3,(H,15,18). The minimum Gasteiger partial charge on any atom is -0.394 e. The van der Waals surface area contributed by atoms with Crippen LogP contribution in [0.4, 0.5) is 0 Å². The molecule has 2 rings (SSSR count). The molecule has 2 N–H and O–H groups in total. The SMILES string of the molecule is CCC(CO)NC(=O)c1cnc2ccccn2c1=O. The first-order valence-corrected chi connectivity index (χ1v) is 6.05. The van der Waals surface area contributed by atoms with Gasteiger partial charge in [-0.15, -0.1) is 0 Å². The normalized spacial score (nSPS) is 12.3. The molecule has 0 aliphatic carbocycles. The third-order valence-electron chi connectivity index (χ3n) is 2.91. The topological polar surface area (TPSA) is 83.7 Å². The zero-order valence-corrected chi connectivity index (χ0v) is 10.5. The van der Waals surface area contributed by atoms with Crippen molar-refractivity contribution in [3.8, 4) is 0 Å². The summed E-state index contributed by atoms with van der Waals surface area (Å²) in [5, 5.41) is 11.6. The third kappa shape index (κ3) is 2.63. The molecule has 2 aromatic rings. The highest BCUT2D eigenvalue weighted by Gasteiger charge is 2.16. The van der Waals surface area contributed by atoms with Crippen LogP contribution in [0.2, 0.25) is 0 Å². The van der Waals surface area contributed by atoms with Crippen LogP contribution >= 0.6 is 0 Å². The number of pyridine rings is 1. The minimum atomic E-state index is -0.517. The zero-order chi connectivity index (χ0) is 13.8. The lowest BCUT2D eigenvalue weighted by Gasteiger charge is -2.13. The second-order valence-corrected chi connectivity index (χ2v) is 4.17. The molecular formula is C13H15N3O3.